The van der Waals surface area contributed by atoms with Crippen LogP contribution in [0.2, 0.25) is 0 Å². The Hall–Kier alpha value is -1.22. The van der Waals surface area contributed by atoms with Gasteiger partial charge in [0.05, 0.1) is 24.5 Å². The van der Waals surface area contributed by atoms with E-state index in [1.807, 2.05) is 15.9 Å². The first kappa shape index (κ1) is 17.2. The molecule has 4 rings (SSSR count). The molecule has 136 valence electrons. The average Bonchev–Trinajstić information content (AvgIpc) is 3.28. The van der Waals surface area contributed by atoms with Crippen LogP contribution in [0.25, 0.3) is 0 Å². The van der Waals surface area contributed by atoms with Crippen molar-refractivity contribution in [1.29, 1.82) is 0 Å². The van der Waals surface area contributed by atoms with Crippen LogP contribution >= 0.6 is 11.3 Å². The van der Waals surface area contributed by atoms with E-state index in [9.17, 15) is 8.42 Å². The van der Waals surface area contributed by atoms with Crippen LogP contribution in [0.4, 0.5) is 0 Å². The van der Waals surface area contributed by atoms with E-state index < -0.39 is 9.84 Å². The van der Waals surface area contributed by atoms with Gasteiger partial charge in [0.2, 0.25) is 15.0 Å². The minimum Gasteiger partial charge on any atom is -0.376 e. The number of imidazole rings is 1. The van der Waals surface area contributed by atoms with E-state index in [0.29, 0.717) is 13.1 Å². The van der Waals surface area contributed by atoms with Crippen molar-refractivity contribution >= 4 is 21.2 Å². The minimum atomic E-state index is -3.36. The van der Waals surface area contributed by atoms with E-state index in [0.717, 1.165) is 44.7 Å². The first-order valence-corrected chi connectivity index (χ1v) is 11.4. The Morgan fingerprint density at radius 2 is 2.32 bits per heavy atom. The van der Waals surface area contributed by atoms with Gasteiger partial charge in [0.25, 0.3) is 0 Å². The van der Waals surface area contributed by atoms with Crippen LogP contribution < -0.4 is 0 Å². The van der Waals surface area contributed by atoms with Gasteiger partial charge in [-0.05, 0) is 36.3 Å². The molecule has 2 aliphatic heterocycles. The van der Waals surface area contributed by atoms with Gasteiger partial charge < -0.3 is 9.30 Å². The average molecular weight is 382 g/mol. The van der Waals surface area contributed by atoms with E-state index >= 15 is 0 Å². The lowest BCUT2D eigenvalue weighted by Crippen LogP contribution is -2.31. The molecule has 0 amide bonds. The van der Waals surface area contributed by atoms with Crippen LogP contribution in [0.1, 0.15) is 29.0 Å². The van der Waals surface area contributed by atoms with E-state index in [1.165, 1.54) is 16.7 Å². The highest BCUT2D eigenvalue weighted by Gasteiger charge is 2.25. The highest BCUT2D eigenvalue weighted by molar-refractivity contribution is 7.90. The Morgan fingerprint density at radius 3 is 3.08 bits per heavy atom. The molecule has 2 aromatic heterocycles. The summed E-state index contributed by atoms with van der Waals surface area (Å²) in [6, 6.07) is 2.19. The molecule has 0 radical (unpaired) electrons. The number of ether oxygens (including phenoxy) is 1. The summed E-state index contributed by atoms with van der Waals surface area (Å²) in [7, 11) is -3.36. The zero-order valence-corrected chi connectivity index (χ0v) is 16.0. The lowest BCUT2D eigenvalue weighted by Gasteiger charge is -2.27. The summed E-state index contributed by atoms with van der Waals surface area (Å²) in [4.78, 5) is 8.06. The topological polar surface area (TPSA) is 64.4 Å². The zero-order valence-electron chi connectivity index (χ0n) is 14.3. The summed E-state index contributed by atoms with van der Waals surface area (Å²) in [5.41, 5.74) is 2.35. The van der Waals surface area contributed by atoms with Crippen molar-refractivity contribution in [3.63, 3.8) is 0 Å². The first-order valence-electron chi connectivity index (χ1n) is 8.64. The molecular weight excluding hydrogens is 358 g/mol. The predicted octanol–water partition coefficient (Wildman–Crippen LogP) is 2.09. The molecule has 2 aromatic rings. The van der Waals surface area contributed by atoms with Crippen molar-refractivity contribution in [3.8, 4) is 0 Å². The number of sulfone groups is 1. The van der Waals surface area contributed by atoms with Crippen molar-refractivity contribution in [3.05, 3.63) is 33.8 Å². The fourth-order valence-electron chi connectivity index (χ4n) is 3.67. The van der Waals surface area contributed by atoms with Gasteiger partial charge in [-0.25, -0.2) is 13.4 Å². The Balaban J connectivity index is 1.57. The van der Waals surface area contributed by atoms with Crippen LogP contribution in [0.15, 0.2) is 22.8 Å². The van der Waals surface area contributed by atoms with Crippen molar-refractivity contribution in [2.24, 2.45) is 0 Å². The van der Waals surface area contributed by atoms with E-state index in [4.69, 9.17) is 4.74 Å². The standard InChI is InChI=1S/C17H23N3O3S2/c1-25(21,22)17-18-9-14(20(17)12-15-3-2-7-23-15)11-19-6-4-16-13(10-19)5-8-24-16/h5,8-9,15H,2-4,6-7,10-12H2,1H3. The Morgan fingerprint density at radius 1 is 1.44 bits per heavy atom. The third-order valence-corrected chi connectivity index (χ3v) is 6.93. The number of aromatic nitrogens is 2. The van der Waals surface area contributed by atoms with Crippen molar-refractivity contribution in [1.82, 2.24) is 14.5 Å². The number of hydrogen-bond acceptors (Lipinski definition) is 6. The number of thiophene rings is 1. The fourth-order valence-corrected chi connectivity index (χ4v) is 5.40. The summed E-state index contributed by atoms with van der Waals surface area (Å²) in [6.45, 7) is 3.95. The van der Waals surface area contributed by atoms with Crippen LogP contribution in [0.3, 0.4) is 0 Å². The molecule has 0 N–H and O–H groups in total. The van der Waals surface area contributed by atoms with Crippen LogP contribution in [0, 0.1) is 0 Å². The second-order valence-corrected chi connectivity index (χ2v) is 9.79. The fraction of sp³-hybridized carbons (Fsp3) is 0.588. The van der Waals surface area contributed by atoms with Crippen LogP contribution in [-0.4, -0.2) is 48.4 Å². The summed E-state index contributed by atoms with van der Waals surface area (Å²) in [6.07, 6.45) is 6.10. The normalized spacial score (nSPS) is 21.6. The molecule has 0 bridgehead atoms. The molecule has 1 saturated heterocycles. The largest absolute Gasteiger partial charge is 0.376 e. The number of nitrogens with zero attached hydrogens (tertiary/aromatic N) is 3. The highest BCUT2D eigenvalue weighted by Crippen LogP contribution is 2.26. The SMILES string of the molecule is CS(=O)(=O)c1ncc(CN2CCc3sccc3C2)n1CC1CCCO1. The van der Waals surface area contributed by atoms with Crippen LogP contribution in [-0.2, 0) is 40.6 Å². The number of fused-ring (bicyclic) bond motifs is 1. The lowest BCUT2D eigenvalue weighted by atomic mass is 10.1. The maximum atomic E-state index is 12.1. The maximum absolute atomic E-state index is 12.1. The molecule has 0 spiro atoms. The molecule has 25 heavy (non-hydrogen) atoms. The third-order valence-electron chi connectivity index (χ3n) is 4.92. The van der Waals surface area contributed by atoms with Gasteiger partial charge in [0.1, 0.15) is 0 Å². The smallest absolute Gasteiger partial charge is 0.227 e. The highest BCUT2D eigenvalue weighted by atomic mass is 32.2. The van der Waals surface area contributed by atoms with Gasteiger partial charge in [0.15, 0.2) is 0 Å². The molecule has 0 aliphatic carbocycles. The quantitative estimate of drug-likeness (QED) is 0.793. The van der Waals surface area contributed by atoms with Crippen molar-refractivity contribution < 1.29 is 13.2 Å². The second-order valence-electron chi connectivity index (χ2n) is 6.88. The van der Waals surface area contributed by atoms with Crippen LogP contribution in [0.5, 0.6) is 0 Å². The third kappa shape index (κ3) is 3.67. The number of rotatable bonds is 5. The van der Waals surface area contributed by atoms with Gasteiger partial charge in [-0.15, -0.1) is 11.3 Å². The molecule has 1 atom stereocenters. The second kappa shape index (κ2) is 6.83. The summed E-state index contributed by atoms with van der Waals surface area (Å²) < 4.78 is 31.8. The molecule has 6 nitrogen and oxygen atoms in total. The van der Waals surface area contributed by atoms with Gasteiger partial charge in [-0.2, -0.15) is 0 Å². The Labute approximate surface area is 152 Å². The molecule has 8 heteroatoms. The Kier molecular flexibility index (Phi) is 4.70. The lowest BCUT2D eigenvalue weighted by molar-refractivity contribution is 0.0931. The molecule has 1 unspecified atom stereocenters. The molecule has 0 saturated carbocycles. The molecule has 2 aliphatic rings. The molecule has 0 aromatic carbocycles. The number of hydrogen-bond donors (Lipinski definition) is 0. The van der Waals surface area contributed by atoms with Gasteiger partial charge >= 0.3 is 0 Å². The van der Waals surface area contributed by atoms with Crippen molar-refractivity contribution in [2.75, 3.05) is 19.4 Å². The summed E-state index contributed by atoms with van der Waals surface area (Å²) in [5.74, 6) is 0. The maximum Gasteiger partial charge on any atom is 0.227 e. The van der Waals surface area contributed by atoms with Gasteiger partial charge in [-0.1, -0.05) is 0 Å². The first-order chi connectivity index (χ1) is 12.0. The molecule has 1 fully saturated rings. The molecule has 4 heterocycles. The van der Waals surface area contributed by atoms with E-state index in [2.05, 4.69) is 21.3 Å². The van der Waals surface area contributed by atoms with Gasteiger partial charge in [0, 0.05) is 37.4 Å². The minimum absolute atomic E-state index is 0.0817. The predicted molar refractivity (Wildman–Crippen MR) is 96.4 cm³/mol. The summed E-state index contributed by atoms with van der Waals surface area (Å²) in [5, 5.41) is 2.31. The monoisotopic (exact) mass is 381 g/mol. The zero-order chi connectivity index (χ0) is 17.4. The summed E-state index contributed by atoms with van der Waals surface area (Å²) >= 11 is 1.83. The molecular formula is C17H23N3O3S2. The Bertz CT molecular complexity index is 850. The van der Waals surface area contributed by atoms with E-state index in [-0.39, 0.29) is 11.3 Å². The van der Waals surface area contributed by atoms with Crippen molar-refractivity contribution in [2.45, 2.75) is 50.2 Å². The van der Waals surface area contributed by atoms with E-state index in [1.54, 1.807) is 6.20 Å². The van der Waals surface area contributed by atoms with Gasteiger partial charge in [-0.3, -0.25) is 4.90 Å².